The summed E-state index contributed by atoms with van der Waals surface area (Å²) in [5.41, 5.74) is 4.98. The predicted molar refractivity (Wildman–Crippen MR) is 131 cm³/mol. The first-order valence-corrected chi connectivity index (χ1v) is 12.1. The van der Waals surface area contributed by atoms with Crippen molar-refractivity contribution in [2.75, 3.05) is 13.7 Å². The molecule has 1 N–H and O–H groups in total. The third-order valence-electron chi connectivity index (χ3n) is 7.41. The van der Waals surface area contributed by atoms with Crippen molar-refractivity contribution in [2.24, 2.45) is 17.8 Å². The Kier molecular flexibility index (Phi) is 6.45. The molecule has 36 heavy (non-hydrogen) atoms. The maximum atomic E-state index is 13.1. The Morgan fingerprint density at radius 2 is 1.94 bits per heavy atom. The highest BCUT2D eigenvalue weighted by molar-refractivity contribution is 6.16. The minimum Gasteiger partial charge on any atom is -0.508 e. The number of methoxy groups -OCH3 is 1. The van der Waals surface area contributed by atoms with E-state index in [0.717, 1.165) is 28.0 Å². The first kappa shape index (κ1) is 23.9. The second kappa shape index (κ2) is 9.70. The molecule has 2 aliphatic heterocycles. The van der Waals surface area contributed by atoms with E-state index in [-0.39, 0.29) is 17.8 Å². The molecule has 0 saturated carbocycles. The molecule has 5 rings (SSSR count). The summed E-state index contributed by atoms with van der Waals surface area (Å²) in [7, 11) is 1.17. The number of phenolic OH excluding ortho intramolecular Hbond substituents is 1. The summed E-state index contributed by atoms with van der Waals surface area (Å²) < 4.78 is 10.9. The lowest BCUT2D eigenvalue weighted by Gasteiger charge is -2.30. The number of amides is 3. The maximum absolute atomic E-state index is 13.1. The Morgan fingerprint density at radius 1 is 1.17 bits per heavy atom. The lowest BCUT2D eigenvalue weighted by molar-refractivity contribution is -0.137. The van der Waals surface area contributed by atoms with E-state index in [4.69, 9.17) is 4.74 Å². The molecule has 8 nitrogen and oxygen atoms in total. The number of rotatable bonds is 5. The van der Waals surface area contributed by atoms with Gasteiger partial charge in [0.15, 0.2) is 0 Å². The maximum Gasteiger partial charge on any atom is 0.423 e. The number of nitrogens with zero attached hydrogens (tertiary/aromatic N) is 2. The topological polar surface area (TPSA) is 106 Å². The number of hydrogen-bond acceptors (Lipinski definition) is 7. The van der Waals surface area contributed by atoms with Crippen LogP contribution in [0.25, 0.3) is 11.6 Å². The fraction of sp³-hybridized carbons (Fsp3) is 0.357. The minimum atomic E-state index is -0.923. The summed E-state index contributed by atoms with van der Waals surface area (Å²) >= 11 is 0. The van der Waals surface area contributed by atoms with E-state index in [1.54, 1.807) is 18.3 Å². The number of carbonyl (C=O) groups is 3. The summed E-state index contributed by atoms with van der Waals surface area (Å²) in [6.07, 6.45) is 4.51. The van der Waals surface area contributed by atoms with Gasteiger partial charge < -0.3 is 14.6 Å². The van der Waals surface area contributed by atoms with Gasteiger partial charge in [-0.2, -0.15) is 4.90 Å². The van der Waals surface area contributed by atoms with Crippen LogP contribution in [0.1, 0.15) is 37.4 Å². The molecule has 0 bridgehead atoms. The van der Waals surface area contributed by atoms with Crippen molar-refractivity contribution in [1.29, 1.82) is 0 Å². The molecule has 1 aromatic carbocycles. The van der Waals surface area contributed by atoms with Gasteiger partial charge in [-0.05, 0) is 73.2 Å². The number of ether oxygens (including phenoxy) is 2. The zero-order valence-corrected chi connectivity index (χ0v) is 20.2. The van der Waals surface area contributed by atoms with Gasteiger partial charge in [0.2, 0.25) is 11.8 Å². The van der Waals surface area contributed by atoms with Crippen molar-refractivity contribution >= 4 is 29.6 Å². The molecule has 186 valence electrons. The molecule has 3 amide bonds. The molecule has 8 heteroatoms. The van der Waals surface area contributed by atoms with Crippen molar-refractivity contribution in [3.8, 4) is 5.75 Å². The van der Waals surface area contributed by atoms with Crippen molar-refractivity contribution in [2.45, 2.75) is 32.3 Å². The van der Waals surface area contributed by atoms with Gasteiger partial charge in [-0.3, -0.25) is 14.6 Å². The average molecular weight is 489 g/mol. The van der Waals surface area contributed by atoms with Crippen molar-refractivity contribution in [3.63, 3.8) is 0 Å². The van der Waals surface area contributed by atoms with Gasteiger partial charge in [0.1, 0.15) is 5.75 Å². The fourth-order valence-corrected chi connectivity index (χ4v) is 5.79. The number of allylic oxidation sites excluding steroid dienone is 2. The zero-order valence-electron chi connectivity index (χ0n) is 20.2. The van der Waals surface area contributed by atoms with Crippen molar-refractivity contribution in [1.82, 2.24) is 9.88 Å². The molecule has 3 heterocycles. The zero-order chi connectivity index (χ0) is 25.4. The van der Waals surface area contributed by atoms with Crippen LogP contribution in [-0.2, 0) is 19.1 Å². The third kappa shape index (κ3) is 4.22. The van der Waals surface area contributed by atoms with E-state index >= 15 is 0 Å². The summed E-state index contributed by atoms with van der Waals surface area (Å²) in [5.74, 6) is -2.13. The summed E-state index contributed by atoms with van der Waals surface area (Å²) in [4.78, 5) is 43.2. The summed E-state index contributed by atoms with van der Waals surface area (Å²) in [6.45, 7) is 2.33. The van der Waals surface area contributed by atoms with E-state index in [9.17, 15) is 19.5 Å². The molecule has 0 spiro atoms. The Bertz CT molecular complexity index is 1250. The first-order valence-electron chi connectivity index (χ1n) is 12.1. The molecule has 1 aromatic heterocycles. The SMILES string of the molecule is COC(=O)N1C(=O)[C@@H]2[C@@H](CC(C)=C3[C@@H](CC/C(=C/c4ccc(O)cc4)c4ccccn4)OC[C@@H]32)C1=O. The highest BCUT2D eigenvalue weighted by atomic mass is 16.5. The second-order valence-corrected chi connectivity index (χ2v) is 9.50. The Hall–Kier alpha value is -3.78. The van der Waals surface area contributed by atoms with Crippen LogP contribution < -0.4 is 0 Å². The Labute approximate surface area is 209 Å². The third-order valence-corrected chi connectivity index (χ3v) is 7.41. The minimum absolute atomic E-state index is 0.182. The van der Waals surface area contributed by atoms with Crippen LogP contribution in [0.4, 0.5) is 4.79 Å². The second-order valence-electron chi connectivity index (χ2n) is 9.50. The molecular formula is C28H28N2O6. The van der Waals surface area contributed by atoms with Crippen LogP contribution in [0, 0.1) is 17.8 Å². The highest BCUT2D eigenvalue weighted by Crippen LogP contribution is 2.50. The van der Waals surface area contributed by atoms with Gasteiger partial charge in [0, 0.05) is 12.1 Å². The molecular weight excluding hydrogens is 460 g/mol. The van der Waals surface area contributed by atoms with Crippen LogP contribution in [0.3, 0.4) is 0 Å². The Morgan fingerprint density at radius 3 is 2.64 bits per heavy atom. The number of benzene rings is 1. The molecule has 3 aliphatic rings. The number of likely N-dealkylation sites (tertiary alicyclic amines) is 1. The van der Waals surface area contributed by atoms with Gasteiger partial charge in [-0.15, -0.1) is 0 Å². The number of aromatic nitrogens is 1. The van der Waals surface area contributed by atoms with Crippen LogP contribution in [0.15, 0.2) is 59.8 Å². The van der Waals surface area contributed by atoms with Gasteiger partial charge in [-0.25, -0.2) is 4.79 Å². The number of phenols is 1. The standard InChI is InChI=1S/C28H28N2O6/c1-16-13-20-25(27(33)30(26(20)32)28(34)35-2)21-15-36-23(24(16)21)11-8-18(22-5-3-4-12-29-22)14-17-6-9-19(31)10-7-17/h3-7,9-10,12,14,20-21,23,25,31H,8,11,13,15H2,1-2H3/b18-14-/t20-,21+,23-,25-/m1/s1. The number of fused-ring (bicyclic) bond motifs is 3. The van der Waals surface area contributed by atoms with Gasteiger partial charge in [0.25, 0.3) is 0 Å². The molecule has 0 radical (unpaired) electrons. The Balaban J connectivity index is 1.38. The molecule has 0 unspecified atom stereocenters. The molecule has 1 aliphatic carbocycles. The molecule has 2 saturated heterocycles. The smallest absolute Gasteiger partial charge is 0.423 e. The average Bonchev–Trinajstić information content (AvgIpc) is 3.42. The number of pyridine rings is 1. The number of hydrogen-bond donors (Lipinski definition) is 1. The number of imide groups is 3. The van der Waals surface area contributed by atoms with Gasteiger partial charge in [-0.1, -0.05) is 23.8 Å². The van der Waals surface area contributed by atoms with Crippen LogP contribution in [0.2, 0.25) is 0 Å². The molecule has 2 aromatic rings. The summed E-state index contributed by atoms with van der Waals surface area (Å²) in [6, 6.07) is 12.8. The van der Waals surface area contributed by atoms with Gasteiger partial charge in [0.05, 0.1) is 37.4 Å². The van der Waals surface area contributed by atoms with Crippen LogP contribution in [-0.4, -0.2) is 52.7 Å². The first-order chi connectivity index (χ1) is 17.4. The lowest BCUT2D eigenvalue weighted by Crippen LogP contribution is -2.37. The van der Waals surface area contributed by atoms with E-state index < -0.39 is 29.7 Å². The summed E-state index contributed by atoms with van der Waals surface area (Å²) in [5, 5.41) is 9.62. The largest absolute Gasteiger partial charge is 0.508 e. The van der Waals surface area contributed by atoms with E-state index in [1.807, 2.05) is 37.3 Å². The fourth-order valence-electron chi connectivity index (χ4n) is 5.79. The van der Waals surface area contributed by atoms with Crippen molar-refractivity contribution in [3.05, 3.63) is 71.1 Å². The van der Waals surface area contributed by atoms with E-state index in [1.165, 1.54) is 7.11 Å². The highest BCUT2D eigenvalue weighted by Gasteiger charge is 2.58. The normalized spacial score (nSPS) is 25.7. The van der Waals surface area contributed by atoms with Crippen LogP contribution >= 0.6 is 0 Å². The quantitative estimate of drug-likeness (QED) is 0.496. The predicted octanol–water partition coefficient (Wildman–Crippen LogP) is 4.21. The van der Waals surface area contributed by atoms with Crippen molar-refractivity contribution < 1.29 is 29.0 Å². The van der Waals surface area contributed by atoms with E-state index in [2.05, 4.69) is 15.8 Å². The molecule has 2 fully saturated rings. The monoisotopic (exact) mass is 488 g/mol. The van der Waals surface area contributed by atoms with Gasteiger partial charge >= 0.3 is 6.09 Å². The number of aromatic hydroxyl groups is 1. The van der Waals surface area contributed by atoms with Crippen LogP contribution in [0.5, 0.6) is 5.75 Å². The lowest BCUT2D eigenvalue weighted by atomic mass is 9.70. The van der Waals surface area contributed by atoms with E-state index in [0.29, 0.717) is 30.8 Å². The molecule has 4 atom stereocenters. The number of carbonyl (C=O) groups excluding carboxylic acids is 3.